The van der Waals surface area contributed by atoms with Crippen LogP contribution in [0.3, 0.4) is 0 Å². The summed E-state index contributed by atoms with van der Waals surface area (Å²) < 4.78 is 23.8. The zero-order valence-electron chi connectivity index (χ0n) is 18.3. The van der Waals surface area contributed by atoms with E-state index in [4.69, 9.17) is 0 Å². The molecule has 2 unspecified atom stereocenters. The predicted octanol–water partition coefficient (Wildman–Crippen LogP) is 2.84. The van der Waals surface area contributed by atoms with Gasteiger partial charge in [-0.25, -0.2) is 13.4 Å². The fourth-order valence-electron chi connectivity index (χ4n) is 4.45. The number of hydrogen-bond acceptors (Lipinski definition) is 7. The molecule has 0 saturated carbocycles. The number of aromatic amines is 1. The summed E-state index contributed by atoms with van der Waals surface area (Å²) in [6.45, 7) is 8.75. The van der Waals surface area contributed by atoms with E-state index in [2.05, 4.69) is 43.8 Å². The van der Waals surface area contributed by atoms with E-state index < -0.39 is 9.84 Å². The molecule has 1 saturated heterocycles. The molecule has 9 heteroatoms. The lowest BCUT2D eigenvalue weighted by Gasteiger charge is -2.44. The third-order valence-corrected chi connectivity index (χ3v) is 7.23. The van der Waals surface area contributed by atoms with Gasteiger partial charge in [0.15, 0.2) is 9.84 Å². The summed E-state index contributed by atoms with van der Waals surface area (Å²) >= 11 is 0. The number of nitrogens with zero attached hydrogens (tertiary/aromatic N) is 5. The predicted molar refractivity (Wildman–Crippen MR) is 120 cm³/mol. The van der Waals surface area contributed by atoms with Gasteiger partial charge in [0.25, 0.3) is 0 Å². The van der Waals surface area contributed by atoms with Crippen molar-refractivity contribution in [3.63, 3.8) is 0 Å². The molecule has 1 aromatic carbocycles. The minimum atomic E-state index is -3.24. The highest BCUT2D eigenvalue weighted by atomic mass is 32.2. The Kier molecular flexibility index (Phi) is 5.81. The first-order valence-electron chi connectivity index (χ1n) is 10.3. The summed E-state index contributed by atoms with van der Waals surface area (Å²) in [6, 6.07) is 7.42. The first-order valence-corrected chi connectivity index (χ1v) is 12.2. The van der Waals surface area contributed by atoms with E-state index in [0.717, 1.165) is 42.4 Å². The summed E-state index contributed by atoms with van der Waals surface area (Å²) in [5, 5.41) is 7.46. The van der Waals surface area contributed by atoms with Crippen molar-refractivity contribution in [2.45, 2.75) is 37.8 Å². The molecular weight excluding hydrogens is 412 g/mol. The second-order valence-electron chi connectivity index (χ2n) is 8.13. The van der Waals surface area contributed by atoms with E-state index in [1.54, 1.807) is 30.7 Å². The van der Waals surface area contributed by atoms with Crippen molar-refractivity contribution in [3.05, 3.63) is 65.4 Å². The molecule has 0 aliphatic carbocycles. The topological polar surface area (TPSA) is 95.1 Å². The highest BCUT2D eigenvalue weighted by molar-refractivity contribution is 7.90. The largest absolute Gasteiger partial charge is 0.346 e. The van der Waals surface area contributed by atoms with Crippen LogP contribution in [0.25, 0.3) is 0 Å². The van der Waals surface area contributed by atoms with Crippen molar-refractivity contribution in [1.82, 2.24) is 25.1 Å². The van der Waals surface area contributed by atoms with Crippen LogP contribution in [0.2, 0.25) is 0 Å². The number of H-pyrrole nitrogens is 1. The Labute approximate surface area is 183 Å². The first kappa shape index (κ1) is 21.5. The molecular formula is C22H28N6O2S. The van der Waals surface area contributed by atoms with Crippen LogP contribution in [-0.2, 0) is 9.84 Å². The molecule has 0 bridgehead atoms. The van der Waals surface area contributed by atoms with Crippen LogP contribution in [0, 0.1) is 13.8 Å². The van der Waals surface area contributed by atoms with Crippen LogP contribution in [0.4, 0.5) is 5.82 Å². The lowest BCUT2D eigenvalue weighted by atomic mass is 9.98. The van der Waals surface area contributed by atoms with E-state index in [9.17, 15) is 8.42 Å². The number of rotatable bonds is 5. The molecule has 2 atom stereocenters. The molecule has 3 aromatic rings. The van der Waals surface area contributed by atoms with Gasteiger partial charge in [0, 0.05) is 55.6 Å². The van der Waals surface area contributed by atoms with Crippen molar-refractivity contribution in [2.24, 2.45) is 0 Å². The number of aryl methyl sites for hydroxylation is 2. The quantitative estimate of drug-likeness (QED) is 0.652. The number of benzene rings is 1. The minimum absolute atomic E-state index is 0.0222. The molecule has 2 aromatic heterocycles. The van der Waals surface area contributed by atoms with Gasteiger partial charge in [-0.3, -0.25) is 15.0 Å². The Morgan fingerprint density at radius 2 is 1.87 bits per heavy atom. The van der Waals surface area contributed by atoms with Crippen LogP contribution < -0.4 is 4.90 Å². The van der Waals surface area contributed by atoms with Crippen molar-refractivity contribution < 1.29 is 8.42 Å². The van der Waals surface area contributed by atoms with Crippen LogP contribution >= 0.6 is 0 Å². The molecule has 1 fully saturated rings. The summed E-state index contributed by atoms with van der Waals surface area (Å²) in [4.78, 5) is 13.8. The third kappa shape index (κ3) is 4.33. The molecule has 0 radical (unpaired) electrons. The SMILES string of the molecule is Cc1n[nH]c(C)c1C(C)N1CCN(c2cnccn2)C(c2ccc(S(C)(=O)=O)cc2)C1. The monoisotopic (exact) mass is 440 g/mol. The number of anilines is 1. The number of aromatic nitrogens is 4. The number of hydrogen-bond donors (Lipinski definition) is 1. The van der Waals surface area contributed by atoms with Crippen molar-refractivity contribution in [2.75, 3.05) is 30.8 Å². The lowest BCUT2D eigenvalue weighted by Crippen LogP contribution is -2.49. The van der Waals surface area contributed by atoms with Crippen molar-refractivity contribution >= 4 is 15.7 Å². The minimum Gasteiger partial charge on any atom is -0.346 e. The van der Waals surface area contributed by atoms with Gasteiger partial charge >= 0.3 is 0 Å². The Hall–Kier alpha value is -2.78. The van der Waals surface area contributed by atoms with Gasteiger partial charge < -0.3 is 4.90 Å². The summed E-state index contributed by atoms with van der Waals surface area (Å²) in [7, 11) is -3.24. The molecule has 3 heterocycles. The van der Waals surface area contributed by atoms with Crippen LogP contribution in [0.1, 0.15) is 41.5 Å². The van der Waals surface area contributed by atoms with Crippen molar-refractivity contribution in [3.8, 4) is 0 Å². The molecule has 164 valence electrons. The van der Waals surface area contributed by atoms with Gasteiger partial charge in [-0.2, -0.15) is 5.10 Å². The van der Waals surface area contributed by atoms with Gasteiger partial charge in [0.05, 0.1) is 22.8 Å². The van der Waals surface area contributed by atoms with Gasteiger partial charge in [-0.15, -0.1) is 0 Å². The van der Waals surface area contributed by atoms with Gasteiger partial charge in [0.2, 0.25) is 0 Å². The molecule has 0 amide bonds. The molecule has 1 N–H and O–H groups in total. The van der Waals surface area contributed by atoms with Gasteiger partial charge in [-0.1, -0.05) is 12.1 Å². The molecule has 31 heavy (non-hydrogen) atoms. The van der Waals surface area contributed by atoms with Gasteiger partial charge in [0.1, 0.15) is 5.82 Å². The first-order chi connectivity index (χ1) is 14.8. The Morgan fingerprint density at radius 3 is 2.45 bits per heavy atom. The number of nitrogens with one attached hydrogen (secondary N) is 1. The maximum absolute atomic E-state index is 11.9. The molecule has 1 aliphatic heterocycles. The summed E-state index contributed by atoms with van der Waals surface area (Å²) in [5.74, 6) is 0.822. The van der Waals surface area contributed by atoms with E-state index in [1.807, 2.05) is 19.1 Å². The number of piperazine rings is 1. The third-order valence-electron chi connectivity index (χ3n) is 6.10. The molecule has 8 nitrogen and oxygen atoms in total. The summed E-state index contributed by atoms with van der Waals surface area (Å²) in [6.07, 6.45) is 6.38. The average molecular weight is 441 g/mol. The maximum Gasteiger partial charge on any atom is 0.175 e. The van der Waals surface area contributed by atoms with Crippen LogP contribution in [0.5, 0.6) is 0 Å². The lowest BCUT2D eigenvalue weighted by molar-refractivity contribution is 0.170. The van der Waals surface area contributed by atoms with Crippen molar-refractivity contribution in [1.29, 1.82) is 0 Å². The van der Waals surface area contributed by atoms with E-state index >= 15 is 0 Å². The van der Waals surface area contributed by atoms with Gasteiger partial charge in [-0.05, 0) is 38.5 Å². The molecule has 4 rings (SSSR count). The second kappa shape index (κ2) is 8.39. The highest BCUT2D eigenvalue weighted by Crippen LogP contribution is 2.34. The number of sulfone groups is 1. The zero-order chi connectivity index (χ0) is 22.2. The van der Waals surface area contributed by atoms with E-state index in [-0.39, 0.29) is 12.1 Å². The van der Waals surface area contributed by atoms with E-state index in [0.29, 0.717) is 4.90 Å². The maximum atomic E-state index is 11.9. The molecule has 1 aliphatic rings. The van der Waals surface area contributed by atoms with Crippen LogP contribution in [0.15, 0.2) is 47.8 Å². The zero-order valence-corrected chi connectivity index (χ0v) is 19.1. The fraction of sp³-hybridized carbons (Fsp3) is 0.409. The normalized spacial score (nSPS) is 18.8. The van der Waals surface area contributed by atoms with E-state index in [1.165, 1.54) is 11.8 Å². The average Bonchev–Trinajstić information content (AvgIpc) is 3.11. The Morgan fingerprint density at radius 1 is 1.13 bits per heavy atom. The molecule has 0 spiro atoms. The Bertz CT molecular complexity index is 1130. The second-order valence-corrected chi connectivity index (χ2v) is 10.1. The standard InChI is InChI=1S/C22H28N6O2S/c1-15-22(16(2)26-25-15)17(3)27-11-12-28(21-13-23-9-10-24-21)20(14-27)18-5-7-19(8-6-18)31(4,29)30/h5-10,13,17,20H,11-12,14H2,1-4H3,(H,25,26). The fourth-order valence-corrected chi connectivity index (χ4v) is 5.08. The Balaban J connectivity index is 1.67. The smallest absolute Gasteiger partial charge is 0.175 e. The highest BCUT2D eigenvalue weighted by Gasteiger charge is 2.33. The summed E-state index contributed by atoms with van der Waals surface area (Å²) in [5.41, 5.74) is 4.40. The van der Waals surface area contributed by atoms with Crippen LogP contribution in [-0.4, -0.2) is 59.4 Å².